The molecule has 2 heterocycles. The summed E-state index contributed by atoms with van der Waals surface area (Å²) >= 11 is 3.64. The summed E-state index contributed by atoms with van der Waals surface area (Å²) in [5.41, 5.74) is 2.22. The second-order valence-electron chi connectivity index (χ2n) is 7.84. The molecule has 1 saturated heterocycles. The van der Waals surface area contributed by atoms with Gasteiger partial charge in [0.1, 0.15) is 5.75 Å². The summed E-state index contributed by atoms with van der Waals surface area (Å²) in [6, 6.07) is 4.36. The van der Waals surface area contributed by atoms with Gasteiger partial charge in [0.15, 0.2) is 5.79 Å². The zero-order valence-electron chi connectivity index (χ0n) is 14.1. The fourth-order valence-electron chi connectivity index (χ4n) is 3.87. The van der Waals surface area contributed by atoms with Crippen molar-refractivity contribution in [1.82, 2.24) is 0 Å². The lowest BCUT2D eigenvalue weighted by Gasteiger charge is -2.35. The first-order valence-electron chi connectivity index (χ1n) is 7.90. The topological polar surface area (TPSA) is 27.7 Å². The van der Waals surface area contributed by atoms with Crippen molar-refractivity contribution in [1.29, 1.82) is 0 Å². The van der Waals surface area contributed by atoms with Crippen molar-refractivity contribution in [3.05, 3.63) is 27.7 Å². The highest BCUT2D eigenvalue weighted by molar-refractivity contribution is 9.10. The number of hydrogen-bond donors (Lipinski definition) is 0. The molecule has 2 aliphatic rings. The number of ether oxygens (including phenoxy) is 3. The Balaban J connectivity index is 1.91. The summed E-state index contributed by atoms with van der Waals surface area (Å²) < 4.78 is 19.0. The zero-order chi connectivity index (χ0) is 16.2. The third-order valence-corrected chi connectivity index (χ3v) is 4.97. The number of rotatable bonds is 3. The first-order valence-corrected chi connectivity index (χ1v) is 8.69. The molecule has 0 bridgehead atoms. The maximum atomic E-state index is 6.17. The van der Waals surface area contributed by atoms with E-state index in [0.717, 1.165) is 29.7 Å². The molecule has 1 aromatic rings. The van der Waals surface area contributed by atoms with Crippen LogP contribution in [0.25, 0.3) is 0 Å². The Kier molecular flexibility index (Phi) is 3.86. The van der Waals surface area contributed by atoms with Crippen LogP contribution in [-0.4, -0.2) is 24.6 Å². The maximum Gasteiger partial charge on any atom is 0.163 e. The fourth-order valence-corrected chi connectivity index (χ4v) is 4.37. The van der Waals surface area contributed by atoms with Crippen molar-refractivity contribution in [2.24, 2.45) is 0 Å². The van der Waals surface area contributed by atoms with Crippen LogP contribution in [0.4, 0.5) is 0 Å². The van der Waals surface area contributed by atoms with Gasteiger partial charge in [-0.25, -0.2) is 0 Å². The number of fused-ring (bicyclic) bond motifs is 1. The van der Waals surface area contributed by atoms with Crippen LogP contribution in [0.15, 0.2) is 16.6 Å². The standard InChI is InChI=1S/C18H25BrO3/c1-16(2,10-18(5)11-21-17(3,4)22-18)14-9-13(19)8-12-6-7-20-15(12)14/h8-9H,6-7,10-11H2,1-5H3. The minimum absolute atomic E-state index is 0.0588. The molecule has 1 fully saturated rings. The summed E-state index contributed by atoms with van der Waals surface area (Å²) in [6.45, 7) is 12.0. The van der Waals surface area contributed by atoms with Gasteiger partial charge in [-0.2, -0.15) is 0 Å². The molecule has 3 rings (SSSR count). The first kappa shape index (κ1) is 16.3. The zero-order valence-corrected chi connectivity index (χ0v) is 15.7. The average Bonchev–Trinajstić information content (AvgIpc) is 2.91. The van der Waals surface area contributed by atoms with Crippen molar-refractivity contribution < 1.29 is 14.2 Å². The van der Waals surface area contributed by atoms with Crippen LogP contribution in [0.2, 0.25) is 0 Å². The van der Waals surface area contributed by atoms with Gasteiger partial charge in [-0.1, -0.05) is 29.8 Å². The first-order chi connectivity index (χ1) is 10.1. The van der Waals surface area contributed by atoms with Crippen molar-refractivity contribution in [3.63, 3.8) is 0 Å². The van der Waals surface area contributed by atoms with Crippen LogP contribution in [0.1, 0.15) is 52.2 Å². The monoisotopic (exact) mass is 368 g/mol. The van der Waals surface area contributed by atoms with Crippen LogP contribution in [0.3, 0.4) is 0 Å². The maximum absolute atomic E-state index is 6.17. The predicted octanol–water partition coefficient (Wildman–Crippen LogP) is 4.59. The molecule has 0 aliphatic carbocycles. The van der Waals surface area contributed by atoms with E-state index in [1.54, 1.807) is 0 Å². The van der Waals surface area contributed by atoms with Crippen molar-refractivity contribution in [2.45, 2.75) is 64.3 Å². The molecule has 1 atom stereocenters. The van der Waals surface area contributed by atoms with Crippen LogP contribution < -0.4 is 4.74 Å². The lowest BCUT2D eigenvalue weighted by atomic mass is 9.75. The van der Waals surface area contributed by atoms with Crippen LogP contribution >= 0.6 is 15.9 Å². The largest absolute Gasteiger partial charge is 0.493 e. The van der Waals surface area contributed by atoms with E-state index in [1.807, 2.05) is 13.8 Å². The summed E-state index contributed by atoms with van der Waals surface area (Å²) in [4.78, 5) is 0. The van der Waals surface area contributed by atoms with Crippen LogP contribution in [0.5, 0.6) is 5.75 Å². The number of halogens is 1. The van der Waals surface area contributed by atoms with Crippen LogP contribution in [0, 0.1) is 0 Å². The Hall–Kier alpha value is -0.580. The minimum Gasteiger partial charge on any atom is -0.493 e. The van der Waals surface area contributed by atoms with Crippen molar-refractivity contribution >= 4 is 15.9 Å². The van der Waals surface area contributed by atoms with Gasteiger partial charge in [0.25, 0.3) is 0 Å². The Morgan fingerprint density at radius 2 is 1.95 bits per heavy atom. The average molecular weight is 369 g/mol. The van der Waals surface area contributed by atoms with Gasteiger partial charge in [-0.15, -0.1) is 0 Å². The summed E-state index contributed by atoms with van der Waals surface area (Å²) in [5, 5.41) is 0. The molecule has 0 aromatic heterocycles. The SMILES string of the molecule is CC1(CC(C)(C)c2cc(Br)cc3c2OCC3)COC(C)(C)O1. The molecule has 2 aliphatic heterocycles. The molecule has 122 valence electrons. The molecular formula is C18H25BrO3. The molecule has 1 unspecified atom stereocenters. The molecule has 0 N–H and O–H groups in total. The normalized spacial score (nSPS) is 26.8. The Morgan fingerprint density at radius 3 is 2.59 bits per heavy atom. The molecule has 1 aromatic carbocycles. The van der Waals surface area contributed by atoms with E-state index in [1.165, 1.54) is 11.1 Å². The molecular weight excluding hydrogens is 344 g/mol. The van der Waals surface area contributed by atoms with E-state index in [-0.39, 0.29) is 11.0 Å². The third kappa shape index (κ3) is 3.06. The molecule has 0 saturated carbocycles. The van der Waals surface area contributed by atoms with Crippen molar-refractivity contribution in [2.75, 3.05) is 13.2 Å². The summed E-state index contributed by atoms with van der Waals surface area (Å²) in [7, 11) is 0. The molecule has 3 nitrogen and oxygen atoms in total. The minimum atomic E-state index is -0.499. The van der Waals surface area contributed by atoms with E-state index in [9.17, 15) is 0 Å². The van der Waals surface area contributed by atoms with E-state index in [2.05, 4.69) is 48.8 Å². The van der Waals surface area contributed by atoms with Gasteiger partial charge in [-0.3, -0.25) is 0 Å². The fraction of sp³-hybridized carbons (Fsp3) is 0.667. The number of benzene rings is 1. The molecule has 22 heavy (non-hydrogen) atoms. The lowest BCUT2D eigenvalue weighted by molar-refractivity contribution is -0.161. The third-order valence-electron chi connectivity index (χ3n) is 4.51. The van der Waals surface area contributed by atoms with Gasteiger partial charge in [0, 0.05) is 16.5 Å². The molecule has 4 heteroatoms. The van der Waals surface area contributed by atoms with Gasteiger partial charge in [-0.05, 0) is 50.3 Å². The second kappa shape index (κ2) is 5.22. The highest BCUT2D eigenvalue weighted by Crippen LogP contribution is 2.46. The quantitative estimate of drug-likeness (QED) is 0.780. The summed E-state index contributed by atoms with van der Waals surface area (Å²) in [6.07, 6.45) is 1.87. The smallest absolute Gasteiger partial charge is 0.163 e. The lowest BCUT2D eigenvalue weighted by Crippen LogP contribution is -2.37. The Morgan fingerprint density at radius 1 is 1.23 bits per heavy atom. The van der Waals surface area contributed by atoms with Gasteiger partial charge < -0.3 is 14.2 Å². The predicted molar refractivity (Wildman–Crippen MR) is 90.5 cm³/mol. The van der Waals surface area contributed by atoms with E-state index in [0.29, 0.717) is 6.61 Å². The van der Waals surface area contributed by atoms with E-state index in [4.69, 9.17) is 14.2 Å². The van der Waals surface area contributed by atoms with E-state index >= 15 is 0 Å². The Bertz CT molecular complexity index is 594. The highest BCUT2D eigenvalue weighted by Gasteiger charge is 2.46. The molecule has 0 spiro atoms. The highest BCUT2D eigenvalue weighted by atomic mass is 79.9. The van der Waals surface area contributed by atoms with Crippen LogP contribution in [-0.2, 0) is 21.3 Å². The summed E-state index contributed by atoms with van der Waals surface area (Å²) in [5.74, 6) is 0.565. The van der Waals surface area contributed by atoms with E-state index < -0.39 is 5.79 Å². The Labute approximate surface area is 141 Å². The molecule has 0 radical (unpaired) electrons. The van der Waals surface area contributed by atoms with Gasteiger partial charge in [0.05, 0.1) is 18.8 Å². The van der Waals surface area contributed by atoms with Gasteiger partial charge in [0.2, 0.25) is 0 Å². The van der Waals surface area contributed by atoms with Gasteiger partial charge >= 0.3 is 0 Å². The number of hydrogen-bond acceptors (Lipinski definition) is 3. The second-order valence-corrected chi connectivity index (χ2v) is 8.76. The molecule has 0 amide bonds. The van der Waals surface area contributed by atoms with Crippen molar-refractivity contribution in [3.8, 4) is 5.75 Å².